The Kier molecular flexibility index (Phi) is 4.73. The Bertz CT molecular complexity index is 391. The van der Waals surface area contributed by atoms with E-state index in [1.54, 1.807) is 18.5 Å². The highest BCUT2D eigenvalue weighted by atomic mass is 127. The predicted molar refractivity (Wildman–Crippen MR) is 70.8 cm³/mol. The van der Waals surface area contributed by atoms with Gasteiger partial charge in [0, 0.05) is 22.6 Å². The molecule has 5 heteroatoms. The molecule has 1 atom stereocenters. The van der Waals surface area contributed by atoms with Gasteiger partial charge in [0.1, 0.15) is 6.61 Å². The standard InChI is InChI=1S/C12H14INO3/c13-11-7-14-5-4-10(11)12(15)17-8-9-3-1-2-6-16-9/h4-5,7,9H,1-3,6,8H2/t9-/m1/s1. The van der Waals surface area contributed by atoms with Crippen molar-refractivity contribution >= 4 is 28.6 Å². The van der Waals surface area contributed by atoms with Crippen molar-refractivity contribution in [2.75, 3.05) is 13.2 Å². The number of ether oxygens (including phenoxy) is 2. The minimum Gasteiger partial charge on any atom is -0.459 e. The van der Waals surface area contributed by atoms with Crippen LogP contribution in [0.2, 0.25) is 0 Å². The molecule has 1 aromatic heterocycles. The lowest BCUT2D eigenvalue weighted by Crippen LogP contribution is -2.26. The Morgan fingerprint density at radius 3 is 3.18 bits per heavy atom. The molecule has 0 spiro atoms. The predicted octanol–water partition coefficient (Wildman–Crippen LogP) is 2.41. The Hall–Kier alpha value is -0.690. The Morgan fingerprint density at radius 1 is 1.59 bits per heavy atom. The summed E-state index contributed by atoms with van der Waals surface area (Å²) in [6.45, 7) is 1.12. The number of hydrogen-bond donors (Lipinski definition) is 0. The lowest BCUT2D eigenvalue weighted by atomic mass is 10.1. The number of carbonyl (C=O) groups excluding carboxylic acids is 1. The van der Waals surface area contributed by atoms with Gasteiger partial charge in [0.05, 0.1) is 11.7 Å². The highest BCUT2D eigenvalue weighted by Gasteiger charge is 2.17. The van der Waals surface area contributed by atoms with Crippen molar-refractivity contribution in [2.45, 2.75) is 25.4 Å². The highest BCUT2D eigenvalue weighted by Crippen LogP contribution is 2.15. The summed E-state index contributed by atoms with van der Waals surface area (Å²) in [4.78, 5) is 15.7. The summed E-state index contributed by atoms with van der Waals surface area (Å²) in [5.41, 5.74) is 0.566. The molecule has 1 aliphatic rings. The second-order valence-corrected chi connectivity index (χ2v) is 5.10. The van der Waals surface area contributed by atoms with Crippen molar-refractivity contribution < 1.29 is 14.3 Å². The van der Waals surface area contributed by atoms with Crippen LogP contribution in [0, 0.1) is 3.57 Å². The van der Waals surface area contributed by atoms with E-state index in [9.17, 15) is 4.79 Å². The van der Waals surface area contributed by atoms with Gasteiger partial charge in [-0.05, 0) is 47.9 Å². The summed E-state index contributed by atoms with van der Waals surface area (Å²) in [7, 11) is 0. The third-order valence-electron chi connectivity index (χ3n) is 2.67. The third-order valence-corrected chi connectivity index (χ3v) is 3.53. The molecular formula is C12H14INO3. The van der Waals surface area contributed by atoms with E-state index in [-0.39, 0.29) is 12.1 Å². The van der Waals surface area contributed by atoms with Crippen molar-refractivity contribution in [3.63, 3.8) is 0 Å². The lowest BCUT2D eigenvalue weighted by Gasteiger charge is -2.22. The van der Waals surface area contributed by atoms with Crippen LogP contribution in [0.25, 0.3) is 0 Å². The molecule has 1 aromatic rings. The lowest BCUT2D eigenvalue weighted by molar-refractivity contribution is -0.0300. The van der Waals surface area contributed by atoms with Crippen LogP contribution in [-0.2, 0) is 9.47 Å². The molecule has 0 aliphatic carbocycles. The van der Waals surface area contributed by atoms with E-state index in [1.807, 2.05) is 0 Å². The van der Waals surface area contributed by atoms with Crippen LogP contribution in [-0.4, -0.2) is 30.3 Å². The number of esters is 1. The van der Waals surface area contributed by atoms with Crippen LogP contribution in [0.15, 0.2) is 18.5 Å². The minimum absolute atomic E-state index is 0.0622. The van der Waals surface area contributed by atoms with Gasteiger partial charge in [-0.2, -0.15) is 0 Å². The second-order valence-electron chi connectivity index (χ2n) is 3.94. The fourth-order valence-corrected chi connectivity index (χ4v) is 2.29. The van der Waals surface area contributed by atoms with Gasteiger partial charge in [-0.1, -0.05) is 0 Å². The van der Waals surface area contributed by atoms with E-state index in [0.717, 1.165) is 29.4 Å². The van der Waals surface area contributed by atoms with E-state index < -0.39 is 0 Å². The van der Waals surface area contributed by atoms with Crippen LogP contribution in [0.4, 0.5) is 0 Å². The highest BCUT2D eigenvalue weighted by molar-refractivity contribution is 14.1. The van der Waals surface area contributed by atoms with Gasteiger partial charge in [0.15, 0.2) is 0 Å². The molecule has 92 valence electrons. The SMILES string of the molecule is O=C(OC[C@H]1CCCCO1)c1ccncc1I. The topological polar surface area (TPSA) is 48.4 Å². The van der Waals surface area contributed by atoms with Gasteiger partial charge >= 0.3 is 5.97 Å². The second kappa shape index (κ2) is 6.30. The van der Waals surface area contributed by atoms with Gasteiger partial charge in [-0.15, -0.1) is 0 Å². The average Bonchev–Trinajstić information content (AvgIpc) is 2.38. The van der Waals surface area contributed by atoms with E-state index in [2.05, 4.69) is 27.6 Å². The average molecular weight is 347 g/mol. The normalized spacial score (nSPS) is 19.9. The first-order valence-corrected chi connectivity index (χ1v) is 6.73. The molecule has 0 amide bonds. The molecular weight excluding hydrogens is 333 g/mol. The fraction of sp³-hybridized carbons (Fsp3) is 0.500. The van der Waals surface area contributed by atoms with Crippen molar-refractivity contribution in [2.24, 2.45) is 0 Å². The quantitative estimate of drug-likeness (QED) is 0.622. The summed E-state index contributed by atoms with van der Waals surface area (Å²) in [6, 6.07) is 1.67. The fourth-order valence-electron chi connectivity index (χ4n) is 1.73. The van der Waals surface area contributed by atoms with Crippen LogP contribution in [0.5, 0.6) is 0 Å². The zero-order chi connectivity index (χ0) is 12.1. The van der Waals surface area contributed by atoms with Gasteiger partial charge in [-0.25, -0.2) is 4.79 Å². The molecule has 0 unspecified atom stereocenters. The summed E-state index contributed by atoms with van der Waals surface area (Å²) in [5.74, 6) is -0.300. The van der Waals surface area contributed by atoms with Crippen LogP contribution >= 0.6 is 22.6 Å². The first-order valence-electron chi connectivity index (χ1n) is 5.65. The van der Waals surface area contributed by atoms with Gasteiger partial charge < -0.3 is 9.47 Å². The van der Waals surface area contributed by atoms with Crippen molar-refractivity contribution in [3.05, 3.63) is 27.6 Å². The van der Waals surface area contributed by atoms with Gasteiger partial charge in [-0.3, -0.25) is 4.98 Å². The minimum atomic E-state index is -0.300. The summed E-state index contributed by atoms with van der Waals surface area (Å²) < 4.78 is 11.6. The van der Waals surface area contributed by atoms with E-state index in [1.165, 1.54) is 0 Å². The Balaban J connectivity index is 1.87. The third kappa shape index (κ3) is 3.64. The molecule has 0 aromatic carbocycles. The number of rotatable bonds is 3. The molecule has 2 heterocycles. The monoisotopic (exact) mass is 347 g/mol. The maximum atomic E-state index is 11.8. The van der Waals surface area contributed by atoms with E-state index in [0.29, 0.717) is 12.2 Å². The van der Waals surface area contributed by atoms with Crippen LogP contribution in [0.3, 0.4) is 0 Å². The largest absolute Gasteiger partial charge is 0.459 e. The first-order chi connectivity index (χ1) is 8.27. The van der Waals surface area contributed by atoms with Crippen molar-refractivity contribution in [3.8, 4) is 0 Å². The van der Waals surface area contributed by atoms with Gasteiger partial charge in [0.2, 0.25) is 0 Å². The molecule has 4 nitrogen and oxygen atoms in total. The van der Waals surface area contributed by atoms with Crippen LogP contribution < -0.4 is 0 Å². The summed E-state index contributed by atoms with van der Waals surface area (Å²) in [6.07, 6.45) is 6.53. The molecule has 17 heavy (non-hydrogen) atoms. The summed E-state index contributed by atoms with van der Waals surface area (Å²) in [5, 5.41) is 0. The Morgan fingerprint density at radius 2 is 2.47 bits per heavy atom. The zero-order valence-electron chi connectivity index (χ0n) is 9.39. The smallest absolute Gasteiger partial charge is 0.339 e. The number of halogens is 1. The van der Waals surface area contributed by atoms with Crippen LogP contribution in [0.1, 0.15) is 29.6 Å². The van der Waals surface area contributed by atoms with Crippen molar-refractivity contribution in [1.82, 2.24) is 4.98 Å². The maximum Gasteiger partial charge on any atom is 0.339 e. The molecule has 0 saturated carbocycles. The molecule has 2 rings (SSSR count). The molecule has 1 fully saturated rings. The Labute approximate surface area is 114 Å². The molecule has 1 saturated heterocycles. The number of hydrogen-bond acceptors (Lipinski definition) is 4. The molecule has 0 radical (unpaired) electrons. The summed E-state index contributed by atoms with van der Waals surface area (Å²) >= 11 is 2.08. The van der Waals surface area contributed by atoms with E-state index >= 15 is 0 Å². The van der Waals surface area contributed by atoms with Crippen molar-refractivity contribution in [1.29, 1.82) is 0 Å². The number of aromatic nitrogens is 1. The molecule has 0 bridgehead atoms. The molecule has 0 N–H and O–H groups in total. The van der Waals surface area contributed by atoms with E-state index in [4.69, 9.17) is 9.47 Å². The zero-order valence-corrected chi connectivity index (χ0v) is 11.6. The first kappa shape index (κ1) is 12.8. The molecule has 1 aliphatic heterocycles. The number of nitrogens with zero attached hydrogens (tertiary/aromatic N) is 1. The number of carbonyl (C=O) groups is 1. The maximum absolute atomic E-state index is 11.8. The number of pyridine rings is 1. The van der Waals surface area contributed by atoms with Gasteiger partial charge in [0.25, 0.3) is 0 Å².